The van der Waals surface area contributed by atoms with Crippen molar-refractivity contribution in [3.8, 4) is 0 Å². The van der Waals surface area contributed by atoms with E-state index in [9.17, 15) is 22.4 Å². The lowest BCUT2D eigenvalue weighted by Gasteiger charge is -2.22. The Kier molecular flexibility index (Phi) is 7.73. The maximum Gasteiger partial charge on any atom is 0.416 e. The molecule has 1 aromatic rings. The highest BCUT2D eigenvalue weighted by atomic mass is 32.2. The van der Waals surface area contributed by atoms with Crippen LogP contribution in [0.25, 0.3) is 0 Å². The molecule has 0 aromatic carbocycles. The largest absolute Gasteiger partial charge is 0.416 e. The van der Waals surface area contributed by atoms with Crippen molar-refractivity contribution in [1.82, 2.24) is 26.1 Å². The topological polar surface area (TPSA) is 90.9 Å². The predicted octanol–water partition coefficient (Wildman–Crippen LogP) is 2.96. The van der Waals surface area contributed by atoms with Crippen molar-refractivity contribution in [2.75, 3.05) is 32.8 Å². The van der Waals surface area contributed by atoms with Gasteiger partial charge in [0.2, 0.25) is 11.9 Å². The molecule has 0 bridgehead atoms. The van der Waals surface area contributed by atoms with Crippen LogP contribution in [0.4, 0.5) is 17.6 Å². The molecule has 3 aliphatic heterocycles. The molecule has 3 saturated heterocycles. The number of likely N-dealkylation sites (tertiary alicyclic amines) is 1. The molecule has 3 N–H and O–H groups in total. The van der Waals surface area contributed by atoms with Crippen LogP contribution in [0.3, 0.4) is 0 Å². The first-order valence-corrected chi connectivity index (χ1v) is 14.3. The van der Waals surface area contributed by atoms with Gasteiger partial charge >= 0.3 is 6.18 Å². The maximum absolute atomic E-state index is 13.6. The standard InChI is InChI=1S/C27H30F4N6O2S/c28-24-7-15-1-4-22(20(15)10-32-24)40-23-13-37(18-5-6-39-14-18)12-16(23)9-33-25(38)11-34-26-19-8-17(27(29,30)31)2-3-21(19)35-36-26/h2-3,7-10,18-19,21-23,35H,1,4-6,11-14H2,(H,33,38)(H,34,36)/t18-,19?,21?,22?,23-/m0/s1. The molecular formula is C27H30F4N6O2S. The second-order valence-corrected chi connectivity index (χ2v) is 12.0. The minimum atomic E-state index is -4.44. The van der Waals surface area contributed by atoms with E-state index in [0.29, 0.717) is 25.0 Å². The van der Waals surface area contributed by atoms with E-state index in [4.69, 9.17) is 4.74 Å². The van der Waals surface area contributed by atoms with Crippen LogP contribution >= 0.6 is 11.8 Å². The highest BCUT2D eigenvalue weighted by Crippen LogP contribution is 2.46. The van der Waals surface area contributed by atoms with Gasteiger partial charge in [0.05, 0.1) is 24.1 Å². The minimum absolute atomic E-state index is 0.134. The number of aliphatic imine (C=N–C) groups is 1. The second-order valence-electron chi connectivity index (χ2n) is 10.6. The molecule has 0 spiro atoms. The fraction of sp³-hybridized carbons (Fsp3) is 0.519. The van der Waals surface area contributed by atoms with Crippen LogP contribution < -0.4 is 16.2 Å². The summed E-state index contributed by atoms with van der Waals surface area (Å²) in [7, 11) is 0. The van der Waals surface area contributed by atoms with E-state index in [2.05, 4.69) is 31.0 Å². The van der Waals surface area contributed by atoms with E-state index in [1.54, 1.807) is 12.4 Å². The molecule has 0 radical (unpaired) electrons. The van der Waals surface area contributed by atoms with Crippen LogP contribution in [-0.4, -0.2) is 78.0 Å². The third kappa shape index (κ3) is 5.83. The van der Waals surface area contributed by atoms with E-state index in [0.717, 1.165) is 61.3 Å². The number of alkyl halides is 3. The van der Waals surface area contributed by atoms with Crippen molar-refractivity contribution >= 4 is 23.5 Å². The number of hydrogen-bond acceptors (Lipinski definition) is 7. The zero-order chi connectivity index (χ0) is 27.9. The van der Waals surface area contributed by atoms with Crippen molar-refractivity contribution in [3.05, 3.63) is 64.9 Å². The summed E-state index contributed by atoms with van der Waals surface area (Å²) in [6.07, 6.45) is 5.27. The summed E-state index contributed by atoms with van der Waals surface area (Å²) in [6.45, 7) is 2.73. The quantitative estimate of drug-likeness (QED) is 0.353. The third-order valence-corrected chi connectivity index (χ3v) is 9.61. The number of rotatable bonds is 6. The Balaban J connectivity index is 1.12. The fourth-order valence-electron chi connectivity index (χ4n) is 5.87. The van der Waals surface area contributed by atoms with Gasteiger partial charge in [-0.05, 0) is 42.0 Å². The SMILES string of the molecule is O=C(CN=C1NNC2C=CC(C(F)(F)F)=CC12)NC=C1CN([C@H]2CCOC2)C[C@@H]1SC1CCc2cc(F)ncc21. The molecule has 5 aliphatic rings. The molecule has 6 rings (SSSR count). The van der Waals surface area contributed by atoms with Crippen LogP contribution in [0.2, 0.25) is 0 Å². The van der Waals surface area contributed by atoms with E-state index in [1.807, 2.05) is 11.8 Å². The van der Waals surface area contributed by atoms with Gasteiger partial charge < -0.3 is 15.5 Å². The number of amidine groups is 1. The summed E-state index contributed by atoms with van der Waals surface area (Å²) in [5, 5.41) is 3.18. The van der Waals surface area contributed by atoms with Crippen LogP contribution in [0.1, 0.15) is 29.2 Å². The van der Waals surface area contributed by atoms with E-state index in [-0.39, 0.29) is 29.0 Å². The molecule has 214 valence electrons. The van der Waals surface area contributed by atoms with Crippen molar-refractivity contribution in [2.45, 2.75) is 48.0 Å². The normalized spacial score (nSPS) is 31.9. The van der Waals surface area contributed by atoms with Crippen molar-refractivity contribution in [3.63, 3.8) is 0 Å². The Morgan fingerprint density at radius 2 is 2.20 bits per heavy atom. The number of hydrazine groups is 1. The minimum Gasteiger partial charge on any atom is -0.380 e. The van der Waals surface area contributed by atoms with Gasteiger partial charge in [0, 0.05) is 48.6 Å². The number of thioether (sulfide) groups is 1. The number of nitrogens with zero attached hydrogens (tertiary/aromatic N) is 3. The summed E-state index contributed by atoms with van der Waals surface area (Å²) < 4.78 is 58.7. The summed E-state index contributed by atoms with van der Waals surface area (Å²) in [5.41, 5.74) is 8.14. The molecule has 8 nitrogen and oxygen atoms in total. The van der Waals surface area contributed by atoms with Crippen molar-refractivity contribution in [2.24, 2.45) is 10.9 Å². The molecular weight excluding hydrogens is 548 g/mol. The summed E-state index contributed by atoms with van der Waals surface area (Å²) >= 11 is 1.82. The molecule has 13 heteroatoms. The van der Waals surface area contributed by atoms with Crippen LogP contribution in [0.15, 0.2) is 52.8 Å². The average Bonchev–Trinajstić information content (AvgIpc) is 3.72. The van der Waals surface area contributed by atoms with Crippen LogP contribution in [0, 0.1) is 11.9 Å². The van der Waals surface area contributed by atoms with Crippen molar-refractivity contribution in [1.29, 1.82) is 0 Å². The van der Waals surface area contributed by atoms with Gasteiger partial charge in [-0.25, -0.2) is 10.4 Å². The number of aromatic nitrogens is 1. The van der Waals surface area contributed by atoms with Gasteiger partial charge in [-0.3, -0.25) is 14.7 Å². The van der Waals surface area contributed by atoms with Gasteiger partial charge in [0.15, 0.2) is 0 Å². The number of hydrogen-bond donors (Lipinski definition) is 3. The Hall–Kier alpha value is -2.74. The number of fused-ring (bicyclic) bond motifs is 2. The van der Waals surface area contributed by atoms with E-state index in [1.165, 1.54) is 12.1 Å². The van der Waals surface area contributed by atoms with Gasteiger partial charge in [0.25, 0.3) is 0 Å². The number of halogens is 4. The molecule has 5 atom stereocenters. The van der Waals surface area contributed by atoms with E-state index >= 15 is 0 Å². The first kappa shape index (κ1) is 27.4. The Morgan fingerprint density at radius 1 is 1.32 bits per heavy atom. The number of nitrogens with one attached hydrogen (secondary N) is 3. The number of carbonyl (C=O) groups excluding carboxylic acids is 1. The molecule has 1 aromatic heterocycles. The summed E-state index contributed by atoms with van der Waals surface area (Å²) in [6, 6.07) is 1.49. The summed E-state index contributed by atoms with van der Waals surface area (Å²) in [5.74, 6) is -1.14. The molecule has 2 aliphatic carbocycles. The van der Waals surface area contributed by atoms with Gasteiger partial charge in [0.1, 0.15) is 12.4 Å². The fourth-order valence-corrected chi connectivity index (χ4v) is 7.48. The average molecular weight is 579 g/mol. The smallest absolute Gasteiger partial charge is 0.380 e. The molecule has 3 fully saturated rings. The van der Waals surface area contributed by atoms with Crippen LogP contribution in [0.5, 0.6) is 0 Å². The van der Waals surface area contributed by atoms with Crippen molar-refractivity contribution < 1.29 is 27.1 Å². The van der Waals surface area contributed by atoms with E-state index < -0.39 is 23.6 Å². The van der Waals surface area contributed by atoms with Gasteiger partial charge in [-0.2, -0.15) is 17.6 Å². The first-order chi connectivity index (χ1) is 19.2. The number of aryl methyl sites for hydroxylation is 1. The second kappa shape index (κ2) is 11.3. The Morgan fingerprint density at radius 3 is 3.00 bits per heavy atom. The number of ether oxygens (including phenoxy) is 1. The molecule has 1 amide bonds. The number of carbonyl (C=O) groups is 1. The third-order valence-electron chi connectivity index (χ3n) is 8.01. The monoisotopic (exact) mass is 578 g/mol. The lowest BCUT2D eigenvalue weighted by molar-refractivity contribution is -0.118. The maximum atomic E-state index is 13.6. The number of allylic oxidation sites excluding steroid dienone is 2. The molecule has 4 heterocycles. The predicted molar refractivity (Wildman–Crippen MR) is 143 cm³/mol. The Bertz CT molecular complexity index is 1280. The first-order valence-electron chi connectivity index (χ1n) is 13.4. The zero-order valence-corrected chi connectivity index (χ0v) is 22.4. The number of amides is 1. The lowest BCUT2D eigenvalue weighted by atomic mass is 9.92. The number of pyridine rings is 1. The highest BCUT2D eigenvalue weighted by molar-refractivity contribution is 8.00. The van der Waals surface area contributed by atoms with Gasteiger partial charge in [-0.1, -0.05) is 18.2 Å². The lowest BCUT2D eigenvalue weighted by Crippen LogP contribution is -2.34. The molecule has 0 saturated carbocycles. The Labute approximate surface area is 233 Å². The molecule has 3 unspecified atom stereocenters. The summed E-state index contributed by atoms with van der Waals surface area (Å²) in [4.78, 5) is 23.2. The van der Waals surface area contributed by atoms with Gasteiger partial charge in [-0.15, -0.1) is 11.8 Å². The zero-order valence-electron chi connectivity index (χ0n) is 21.6. The highest BCUT2D eigenvalue weighted by Gasteiger charge is 2.40. The molecule has 40 heavy (non-hydrogen) atoms. The van der Waals surface area contributed by atoms with Crippen LogP contribution in [-0.2, 0) is 16.0 Å².